The number of likely N-dealkylation sites (tertiary alicyclic amines) is 2. The molecular formula is C25H33N3O3. The van der Waals surface area contributed by atoms with Gasteiger partial charge < -0.3 is 19.4 Å². The van der Waals surface area contributed by atoms with Gasteiger partial charge in [0, 0.05) is 62.7 Å². The molecule has 6 heteroatoms. The zero-order valence-corrected chi connectivity index (χ0v) is 18.2. The third-order valence-corrected chi connectivity index (χ3v) is 8.20. The van der Waals surface area contributed by atoms with Crippen LogP contribution in [0.3, 0.4) is 0 Å². The maximum absolute atomic E-state index is 13.0. The standard InChI is InChI=1S/C25H33N3O3/c29-22-12-19-13-26(11-9-24(19)31-16-22)25(30)27-14-20(15-27)17-5-7-21(8-6-17)28-10-1-2-23(28)18-3-4-18/h5-8,18-20,23-24H,1-4,9-16H2/t19-,23?,24+/m1/s1. The molecule has 4 heterocycles. The van der Waals surface area contributed by atoms with E-state index in [-0.39, 0.29) is 30.4 Å². The highest BCUT2D eigenvalue weighted by molar-refractivity contribution is 5.81. The Labute approximate surface area is 184 Å². The fraction of sp³-hybridized carbons (Fsp3) is 0.680. The zero-order valence-electron chi connectivity index (χ0n) is 18.2. The summed E-state index contributed by atoms with van der Waals surface area (Å²) in [4.78, 5) is 31.2. The number of ether oxygens (including phenoxy) is 1. The van der Waals surface area contributed by atoms with Gasteiger partial charge in [-0.1, -0.05) is 12.1 Å². The lowest BCUT2D eigenvalue weighted by molar-refractivity contribution is -0.140. The first-order chi connectivity index (χ1) is 15.2. The minimum atomic E-state index is 0.133. The Hall–Kier alpha value is -2.08. The highest BCUT2D eigenvalue weighted by atomic mass is 16.5. The van der Waals surface area contributed by atoms with Crippen LogP contribution in [0, 0.1) is 11.8 Å². The third kappa shape index (κ3) is 3.73. The number of benzene rings is 1. The average Bonchev–Trinajstić information content (AvgIpc) is 3.49. The number of piperidine rings is 1. The van der Waals surface area contributed by atoms with Crippen molar-refractivity contribution in [3.8, 4) is 0 Å². The van der Waals surface area contributed by atoms with Gasteiger partial charge in [0.25, 0.3) is 0 Å². The molecule has 6 rings (SSSR count). The number of carbonyl (C=O) groups is 2. The van der Waals surface area contributed by atoms with E-state index in [9.17, 15) is 9.59 Å². The van der Waals surface area contributed by atoms with Crippen LogP contribution >= 0.6 is 0 Å². The van der Waals surface area contributed by atoms with Crippen LogP contribution in [-0.2, 0) is 9.53 Å². The van der Waals surface area contributed by atoms with Crippen molar-refractivity contribution >= 4 is 17.5 Å². The molecule has 0 N–H and O–H groups in total. The Kier molecular flexibility index (Phi) is 4.93. The fourth-order valence-electron chi connectivity index (χ4n) is 6.22. The number of amides is 2. The largest absolute Gasteiger partial charge is 0.370 e. The maximum atomic E-state index is 13.0. The molecule has 1 unspecified atom stereocenters. The summed E-state index contributed by atoms with van der Waals surface area (Å²) in [5.41, 5.74) is 2.72. The molecule has 5 fully saturated rings. The molecule has 166 valence electrons. The number of rotatable bonds is 3. The second-order valence-electron chi connectivity index (χ2n) is 10.3. The summed E-state index contributed by atoms with van der Waals surface area (Å²) in [7, 11) is 0. The van der Waals surface area contributed by atoms with Crippen LogP contribution in [0.15, 0.2) is 24.3 Å². The molecule has 1 aliphatic carbocycles. The van der Waals surface area contributed by atoms with Gasteiger partial charge in [0.2, 0.25) is 0 Å². The molecule has 31 heavy (non-hydrogen) atoms. The highest BCUT2D eigenvalue weighted by Crippen LogP contribution is 2.42. The minimum absolute atomic E-state index is 0.133. The van der Waals surface area contributed by atoms with Gasteiger partial charge in [-0.25, -0.2) is 4.79 Å². The lowest BCUT2D eigenvalue weighted by Crippen LogP contribution is -2.58. The average molecular weight is 424 g/mol. The van der Waals surface area contributed by atoms with Crippen molar-refractivity contribution in [3.05, 3.63) is 29.8 Å². The predicted molar refractivity (Wildman–Crippen MR) is 118 cm³/mol. The van der Waals surface area contributed by atoms with Gasteiger partial charge in [0.15, 0.2) is 5.78 Å². The number of carbonyl (C=O) groups excluding carboxylic acids is 2. The summed E-state index contributed by atoms with van der Waals surface area (Å²) in [5.74, 6) is 1.71. The number of anilines is 1. The second kappa shape index (κ2) is 7.80. The monoisotopic (exact) mass is 423 g/mol. The number of hydrogen-bond acceptors (Lipinski definition) is 4. The van der Waals surface area contributed by atoms with Gasteiger partial charge in [-0.2, -0.15) is 0 Å². The summed E-state index contributed by atoms with van der Waals surface area (Å²) in [6, 6.07) is 10.0. The Morgan fingerprint density at radius 3 is 2.48 bits per heavy atom. The van der Waals surface area contributed by atoms with E-state index in [1.807, 2.05) is 9.80 Å². The lowest BCUT2D eigenvalue weighted by atomic mass is 9.87. The molecule has 6 nitrogen and oxygen atoms in total. The van der Waals surface area contributed by atoms with E-state index in [2.05, 4.69) is 29.2 Å². The predicted octanol–water partition coefficient (Wildman–Crippen LogP) is 3.26. The van der Waals surface area contributed by atoms with E-state index in [4.69, 9.17) is 4.74 Å². The normalized spacial score (nSPS) is 31.5. The molecule has 0 spiro atoms. The maximum Gasteiger partial charge on any atom is 0.320 e. The number of nitrogens with zero attached hydrogens (tertiary/aromatic N) is 3. The summed E-state index contributed by atoms with van der Waals surface area (Å²) in [6.45, 7) is 4.44. The summed E-state index contributed by atoms with van der Waals surface area (Å²) < 4.78 is 5.66. The van der Waals surface area contributed by atoms with Crippen molar-refractivity contribution in [2.75, 3.05) is 44.2 Å². The summed E-state index contributed by atoms with van der Waals surface area (Å²) in [5, 5.41) is 0. The Bertz CT molecular complexity index is 846. The first kappa shape index (κ1) is 19.6. The smallest absolute Gasteiger partial charge is 0.320 e. The van der Waals surface area contributed by atoms with Gasteiger partial charge >= 0.3 is 6.03 Å². The quantitative estimate of drug-likeness (QED) is 0.749. The molecule has 4 aliphatic heterocycles. The van der Waals surface area contributed by atoms with Gasteiger partial charge in [-0.05, 0) is 55.7 Å². The van der Waals surface area contributed by atoms with E-state index >= 15 is 0 Å². The number of fused-ring (bicyclic) bond motifs is 1. The van der Waals surface area contributed by atoms with Crippen molar-refractivity contribution in [2.45, 2.75) is 56.6 Å². The molecule has 2 amide bonds. The first-order valence-electron chi connectivity index (χ1n) is 12.2. The highest BCUT2D eigenvalue weighted by Gasteiger charge is 2.41. The van der Waals surface area contributed by atoms with Gasteiger partial charge in [0.1, 0.15) is 6.61 Å². The Morgan fingerprint density at radius 1 is 0.903 bits per heavy atom. The minimum Gasteiger partial charge on any atom is -0.370 e. The third-order valence-electron chi connectivity index (χ3n) is 8.20. The van der Waals surface area contributed by atoms with Crippen LogP contribution in [0.2, 0.25) is 0 Å². The first-order valence-corrected chi connectivity index (χ1v) is 12.2. The van der Waals surface area contributed by atoms with Crippen LogP contribution in [0.5, 0.6) is 0 Å². The molecule has 5 aliphatic rings. The second-order valence-corrected chi connectivity index (χ2v) is 10.3. The molecule has 0 bridgehead atoms. The topological polar surface area (TPSA) is 53.1 Å². The molecule has 1 saturated carbocycles. The molecule has 4 saturated heterocycles. The summed E-state index contributed by atoms with van der Waals surface area (Å²) in [6.07, 6.45) is 7.05. The Balaban J connectivity index is 1.03. The molecule has 0 radical (unpaired) electrons. The van der Waals surface area contributed by atoms with Gasteiger partial charge in [-0.3, -0.25) is 4.79 Å². The number of Topliss-reactive ketones (excluding diaryl/α,β-unsaturated/α-hetero) is 1. The molecule has 1 aromatic rings. The molecule has 1 aromatic carbocycles. The number of hydrogen-bond donors (Lipinski definition) is 0. The van der Waals surface area contributed by atoms with Crippen LogP contribution in [0.4, 0.5) is 10.5 Å². The van der Waals surface area contributed by atoms with E-state index in [0.29, 0.717) is 18.9 Å². The Morgan fingerprint density at radius 2 is 1.71 bits per heavy atom. The van der Waals surface area contributed by atoms with E-state index < -0.39 is 0 Å². The van der Waals surface area contributed by atoms with E-state index in [0.717, 1.165) is 38.0 Å². The lowest BCUT2D eigenvalue weighted by Gasteiger charge is -2.46. The van der Waals surface area contributed by atoms with Crippen molar-refractivity contribution < 1.29 is 14.3 Å². The van der Waals surface area contributed by atoms with Crippen molar-refractivity contribution in [1.29, 1.82) is 0 Å². The van der Waals surface area contributed by atoms with Crippen molar-refractivity contribution in [2.24, 2.45) is 11.8 Å². The van der Waals surface area contributed by atoms with Crippen molar-refractivity contribution in [3.63, 3.8) is 0 Å². The van der Waals surface area contributed by atoms with Gasteiger partial charge in [0.05, 0.1) is 6.10 Å². The summed E-state index contributed by atoms with van der Waals surface area (Å²) >= 11 is 0. The number of urea groups is 1. The fourth-order valence-corrected chi connectivity index (χ4v) is 6.22. The van der Waals surface area contributed by atoms with Crippen LogP contribution < -0.4 is 4.90 Å². The van der Waals surface area contributed by atoms with Crippen LogP contribution in [-0.4, -0.2) is 73.1 Å². The van der Waals surface area contributed by atoms with Crippen LogP contribution in [0.25, 0.3) is 0 Å². The van der Waals surface area contributed by atoms with E-state index in [1.165, 1.54) is 43.5 Å². The SMILES string of the molecule is O=C1CO[C@H]2CCN(C(=O)N3CC(c4ccc(N5CCCC5C5CC5)cc4)C3)C[C@H]2C1. The molecular weight excluding hydrogens is 390 g/mol. The molecule has 0 aromatic heterocycles. The molecule has 3 atom stereocenters. The number of ketones is 1. The van der Waals surface area contributed by atoms with Crippen molar-refractivity contribution in [1.82, 2.24) is 9.80 Å². The van der Waals surface area contributed by atoms with Gasteiger partial charge in [-0.15, -0.1) is 0 Å². The zero-order chi connectivity index (χ0) is 20.9. The van der Waals surface area contributed by atoms with E-state index in [1.54, 1.807) is 0 Å². The van der Waals surface area contributed by atoms with Crippen LogP contribution in [0.1, 0.15) is 50.0 Å².